The van der Waals surface area contributed by atoms with Crippen LogP contribution in [-0.2, 0) is 0 Å². The number of aliphatic hydroxyl groups is 1. The first kappa shape index (κ1) is 8.28. The summed E-state index contributed by atoms with van der Waals surface area (Å²) in [7, 11) is 0. The minimum Gasteiger partial charge on any atom is -0.393 e. The highest BCUT2D eigenvalue weighted by Crippen LogP contribution is 2.66. The SMILES string of the molecule is CC1CC2C3CC(O)C(C)(C3)C2C1. The largest absolute Gasteiger partial charge is 0.393 e. The van der Waals surface area contributed by atoms with Gasteiger partial charge in [-0.1, -0.05) is 13.8 Å². The first-order valence-corrected chi connectivity index (χ1v) is 5.79. The molecule has 3 aliphatic rings. The van der Waals surface area contributed by atoms with Crippen LogP contribution in [0, 0.1) is 29.1 Å². The zero-order chi connectivity index (χ0) is 9.22. The zero-order valence-electron chi connectivity index (χ0n) is 8.66. The van der Waals surface area contributed by atoms with Gasteiger partial charge >= 0.3 is 0 Å². The Labute approximate surface area is 80.5 Å². The van der Waals surface area contributed by atoms with Crippen molar-refractivity contribution in [2.75, 3.05) is 0 Å². The van der Waals surface area contributed by atoms with Gasteiger partial charge in [-0.25, -0.2) is 0 Å². The summed E-state index contributed by atoms with van der Waals surface area (Å²) in [6, 6.07) is 0. The van der Waals surface area contributed by atoms with Crippen molar-refractivity contribution in [3.63, 3.8) is 0 Å². The van der Waals surface area contributed by atoms with Gasteiger partial charge in [0.15, 0.2) is 0 Å². The van der Waals surface area contributed by atoms with E-state index in [-0.39, 0.29) is 6.10 Å². The molecule has 0 saturated heterocycles. The van der Waals surface area contributed by atoms with Crippen LogP contribution in [0.5, 0.6) is 0 Å². The van der Waals surface area contributed by atoms with Crippen LogP contribution in [0.2, 0.25) is 0 Å². The average Bonchev–Trinajstić information content (AvgIpc) is 2.60. The monoisotopic (exact) mass is 180 g/mol. The summed E-state index contributed by atoms with van der Waals surface area (Å²) in [5.41, 5.74) is 0.306. The van der Waals surface area contributed by atoms with Crippen LogP contribution in [0.3, 0.4) is 0 Å². The molecule has 3 rings (SSSR count). The molecule has 1 N–H and O–H groups in total. The maximum atomic E-state index is 10.0. The molecule has 0 radical (unpaired) electrons. The lowest BCUT2D eigenvalue weighted by molar-refractivity contribution is -0.000369. The van der Waals surface area contributed by atoms with E-state index in [1.54, 1.807) is 0 Å². The van der Waals surface area contributed by atoms with Gasteiger partial charge in [-0.2, -0.15) is 0 Å². The maximum absolute atomic E-state index is 10.0. The van der Waals surface area contributed by atoms with E-state index >= 15 is 0 Å². The smallest absolute Gasteiger partial charge is 0.0599 e. The average molecular weight is 180 g/mol. The van der Waals surface area contributed by atoms with E-state index in [1.165, 1.54) is 19.3 Å². The number of aliphatic hydroxyl groups excluding tert-OH is 1. The Hall–Kier alpha value is -0.0400. The van der Waals surface area contributed by atoms with Crippen LogP contribution in [0.4, 0.5) is 0 Å². The highest BCUT2D eigenvalue weighted by molar-refractivity contribution is 5.10. The minimum atomic E-state index is 0.0176. The van der Waals surface area contributed by atoms with Gasteiger partial charge in [0.2, 0.25) is 0 Å². The topological polar surface area (TPSA) is 20.2 Å². The minimum absolute atomic E-state index is 0.0176. The summed E-state index contributed by atoms with van der Waals surface area (Å²) in [4.78, 5) is 0. The molecule has 2 bridgehead atoms. The standard InChI is InChI=1S/C12H20O/c1-7-3-9-8-5-11(13)12(2,6-8)10(9)4-7/h7-11,13H,3-6H2,1-2H3. The fraction of sp³-hybridized carbons (Fsp3) is 1.00. The van der Waals surface area contributed by atoms with Crippen molar-refractivity contribution >= 4 is 0 Å². The van der Waals surface area contributed by atoms with Gasteiger partial charge in [0.25, 0.3) is 0 Å². The lowest BCUT2D eigenvalue weighted by Crippen LogP contribution is -2.36. The molecule has 0 aromatic rings. The Bertz CT molecular complexity index is 237. The quantitative estimate of drug-likeness (QED) is 0.607. The summed E-state index contributed by atoms with van der Waals surface area (Å²) in [5, 5.41) is 10.0. The summed E-state index contributed by atoms with van der Waals surface area (Å²) in [5.74, 6) is 3.62. The molecule has 0 heterocycles. The van der Waals surface area contributed by atoms with Crippen molar-refractivity contribution in [1.82, 2.24) is 0 Å². The molecule has 1 heteroatoms. The van der Waals surface area contributed by atoms with Gasteiger partial charge in [-0.05, 0) is 54.8 Å². The third-order valence-electron chi connectivity index (χ3n) is 5.29. The molecule has 0 spiro atoms. The summed E-state index contributed by atoms with van der Waals surface area (Å²) >= 11 is 0. The lowest BCUT2D eigenvalue weighted by Gasteiger charge is -2.36. The van der Waals surface area contributed by atoms with Crippen LogP contribution in [0.25, 0.3) is 0 Å². The molecule has 74 valence electrons. The van der Waals surface area contributed by atoms with Crippen molar-refractivity contribution in [2.45, 2.75) is 45.6 Å². The van der Waals surface area contributed by atoms with E-state index in [2.05, 4.69) is 13.8 Å². The van der Waals surface area contributed by atoms with Crippen molar-refractivity contribution in [3.05, 3.63) is 0 Å². The van der Waals surface area contributed by atoms with Gasteiger partial charge in [0.1, 0.15) is 0 Å². The van der Waals surface area contributed by atoms with Crippen molar-refractivity contribution in [1.29, 1.82) is 0 Å². The number of fused-ring (bicyclic) bond motifs is 5. The van der Waals surface area contributed by atoms with Crippen LogP contribution in [0.1, 0.15) is 39.5 Å². The van der Waals surface area contributed by atoms with Crippen LogP contribution < -0.4 is 0 Å². The molecule has 0 aromatic carbocycles. The van der Waals surface area contributed by atoms with Gasteiger partial charge in [0.05, 0.1) is 6.10 Å². The number of hydrogen-bond acceptors (Lipinski definition) is 1. The molecule has 1 nitrogen and oxygen atoms in total. The first-order chi connectivity index (χ1) is 6.11. The number of hydrogen-bond donors (Lipinski definition) is 1. The molecular weight excluding hydrogens is 160 g/mol. The summed E-state index contributed by atoms with van der Waals surface area (Å²) in [6.07, 6.45) is 5.26. The third kappa shape index (κ3) is 0.869. The van der Waals surface area contributed by atoms with Crippen molar-refractivity contribution in [3.8, 4) is 0 Å². The predicted octanol–water partition coefficient (Wildman–Crippen LogP) is 2.44. The molecule has 3 saturated carbocycles. The van der Waals surface area contributed by atoms with E-state index in [0.717, 1.165) is 30.1 Å². The second-order valence-electron chi connectivity index (χ2n) is 6.07. The fourth-order valence-corrected chi connectivity index (χ4v) is 4.68. The molecular formula is C12H20O. The molecule has 0 aromatic heterocycles. The van der Waals surface area contributed by atoms with Crippen LogP contribution in [-0.4, -0.2) is 11.2 Å². The van der Waals surface area contributed by atoms with E-state index < -0.39 is 0 Å². The second kappa shape index (κ2) is 2.31. The summed E-state index contributed by atoms with van der Waals surface area (Å²) < 4.78 is 0. The normalized spacial score (nSPS) is 64.4. The van der Waals surface area contributed by atoms with E-state index in [4.69, 9.17) is 0 Å². The highest BCUT2D eigenvalue weighted by Gasteiger charge is 2.61. The van der Waals surface area contributed by atoms with Gasteiger partial charge < -0.3 is 5.11 Å². The number of rotatable bonds is 0. The Morgan fingerprint density at radius 3 is 2.77 bits per heavy atom. The molecule has 0 amide bonds. The van der Waals surface area contributed by atoms with Crippen LogP contribution in [0.15, 0.2) is 0 Å². The van der Waals surface area contributed by atoms with E-state index in [0.29, 0.717) is 5.41 Å². The molecule has 0 aliphatic heterocycles. The van der Waals surface area contributed by atoms with Gasteiger partial charge in [0, 0.05) is 0 Å². The maximum Gasteiger partial charge on any atom is 0.0599 e. The zero-order valence-corrected chi connectivity index (χ0v) is 8.66. The first-order valence-electron chi connectivity index (χ1n) is 5.79. The summed E-state index contributed by atoms with van der Waals surface area (Å²) in [6.45, 7) is 4.72. The molecule has 6 unspecified atom stereocenters. The fourth-order valence-electron chi connectivity index (χ4n) is 4.68. The third-order valence-corrected chi connectivity index (χ3v) is 5.29. The van der Waals surface area contributed by atoms with Gasteiger partial charge in [-0.15, -0.1) is 0 Å². The Kier molecular flexibility index (Phi) is 1.47. The second-order valence-corrected chi connectivity index (χ2v) is 6.07. The van der Waals surface area contributed by atoms with Crippen molar-refractivity contribution in [2.24, 2.45) is 29.1 Å². The van der Waals surface area contributed by atoms with E-state index in [9.17, 15) is 5.11 Å². The van der Waals surface area contributed by atoms with Gasteiger partial charge in [-0.3, -0.25) is 0 Å². The highest BCUT2D eigenvalue weighted by atomic mass is 16.3. The Balaban J connectivity index is 1.94. The van der Waals surface area contributed by atoms with Crippen LogP contribution >= 0.6 is 0 Å². The van der Waals surface area contributed by atoms with Crippen molar-refractivity contribution < 1.29 is 5.11 Å². The lowest BCUT2D eigenvalue weighted by atomic mass is 9.71. The molecule has 13 heavy (non-hydrogen) atoms. The predicted molar refractivity (Wildman–Crippen MR) is 52.2 cm³/mol. The Morgan fingerprint density at radius 2 is 2.00 bits per heavy atom. The molecule has 3 fully saturated rings. The molecule has 3 aliphatic carbocycles. The van der Waals surface area contributed by atoms with E-state index in [1.807, 2.05) is 0 Å². The molecule has 6 atom stereocenters. The Morgan fingerprint density at radius 1 is 1.23 bits per heavy atom.